The summed E-state index contributed by atoms with van der Waals surface area (Å²) in [6.07, 6.45) is 1.78. The van der Waals surface area contributed by atoms with Crippen LogP contribution in [-0.4, -0.2) is 30.7 Å². The molecule has 0 bridgehead atoms. The summed E-state index contributed by atoms with van der Waals surface area (Å²) in [5.41, 5.74) is 0.382. The van der Waals surface area contributed by atoms with Crippen LogP contribution in [0.5, 0.6) is 0 Å². The highest BCUT2D eigenvalue weighted by atomic mass is 32.2. The molecule has 0 fully saturated rings. The summed E-state index contributed by atoms with van der Waals surface area (Å²) in [7, 11) is -0.847. The maximum Gasteiger partial charge on any atom is 0.330 e. The Bertz CT molecular complexity index is 959. The first-order valence-corrected chi connectivity index (χ1v) is 9.10. The monoisotopic (exact) mass is 367 g/mol. The molecule has 0 unspecified atom stereocenters. The van der Waals surface area contributed by atoms with Crippen LogP contribution < -0.4 is 16.6 Å². The van der Waals surface area contributed by atoms with E-state index < -0.39 is 21.4 Å². The standard InChI is InChI=1S/C16H21N3O5S/c1-12-5-7-13(8-6-12)25(22,23)24-10-4-9-17-14-11-18(2)16(21)19(3)15(14)20/h5-8,11,17H,4,9-10H2,1-3H3. The third-order valence-corrected chi connectivity index (χ3v) is 4.96. The zero-order valence-corrected chi connectivity index (χ0v) is 15.2. The largest absolute Gasteiger partial charge is 0.379 e. The topological polar surface area (TPSA) is 99.4 Å². The van der Waals surface area contributed by atoms with E-state index >= 15 is 0 Å². The van der Waals surface area contributed by atoms with E-state index in [0.29, 0.717) is 13.0 Å². The molecule has 0 aliphatic carbocycles. The van der Waals surface area contributed by atoms with Crippen molar-refractivity contribution in [1.29, 1.82) is 0 Å². The van der Waals surface area contributed by atoms with Crippen LogP contribution in [0.15, 0.2) is 44.9 Å². The third-order valence-electron chi connectivity index (χ3n) is 3.63. The van der Waals surface area contributed by atoms with Gasteiger partial charge in [0.2, 0.25) is 0 Å². The molecule has 0 saturated carbocycles. The smallest absolute Gasteiger partial charge is 0.330 e. The lowest BCUT2D eigenvalue weighted by Crippen LogP contribution is -2.37. The van der Waals surface area contributed by atoms with Crippen LogP contribution in [0.25, 0.3) is 0 Å². The van der Waals surface area contributed by atoms with Crippen molar-refractivity contribution in [2.75, 3.05) is 18.5 Å². The maximum absolute atomic E-state index is 12.0. The lowest BCUT2D eigenvalue weighted by molar-refractivity contribution is 0.316. The van der Waals surface area contributed by atoms with Crippen molar-refractivity contribution < 1.29 is 12.6 Å². The van der Waals surface area contributed by atoms with Gasteiger partial charge in [0, 0.05) is 26.8 Å². The van der Waals surface area contributed by atoms with E-state index in [-0.39, 0.29) is 17.2 Å². The second-order valence-corrected chi connectivity index (χ2v) is 7.29. The van der Waals surface area contributed by atoms with Crippen molar-refractivity contribution in [3.05, 3.63) is 56.9 Å². The van der Waals surface area contributed by atoms with Crippen molar-refractivity contribution in [2.45, 2.75) is 18.2 Å². The molecule has 0 spiro atoms. The van der Waals surface area contributed by atoms with Gasteiger partial charge in [-0.2, -0.15) is 8.42 Å². The summed E-state index contributed by atoms with van der Waals surface area (Å²) in [6.45, 7) is 2.18. The van der Waals surface area contributed by atoms with Crippen LogP contribution in [0.2, 0.25) is 0 Å². The molecule has 0 amide bonds. The molecule has 1 aromatic heterocycles. The van der Waals surface area contributed by atoms with Crippen molar-refractivity contribution >= 4 is 15.8 Å². The minimum Gasteiger partial charge on any atom is -0.379 e. The van der Waals surface area contributed by atoms with Crippen molar-refractivity contribution in [2.24, 2.45) is 14.1 Å². The first kappa shape index (κ1) is 18.9. The van der Waals surface area contributed by atoms with E-state index in [1.807, 2.05) is 6.92 Å². The first-order valence-electron chi connectivity index (χ1n) is 7.69. The molecule has 2 rings (SSSR count). The molecule has 1 N–H and O–H groups in total. The van der Waals surface area contributed by atoms with Crippen molar-refractivity contribution in [1.82, 2.24) is 9.13 Å². The Morgan fingerprint density at radius 1 is 1.12 bits per heavy atom. The van der Waals surface area contributed by atoms with Gasteiger partial charge in [-0.1, -0.05) is 17.7 Å². The van der Waals surface area contributed by atoms with Crippen molar-refractivity contribution in [3.63, 3.8) is 0 Å². The quantitative estimate of drug-likeness (QED) is 0.568. The predicted octanol–water partition coefficient (Wildman–Crippen LogP) is 0.600. The second kappa shape index (κ2) is 7.66. The molecular weight excluding hydrogens is 346 g/mol. The summed E-state index contributed by atoms with van der Waals surface area (Å²) in [6, 6.07) is 6.40. The maximum atomic E-state index is 12.0. The molecule has 25 heavy (non-hydrogen) atoms. The molecule has 0 aliphatic heterocycles. The van der Waals surface area contributed by atoms with Gasteiger partial charge in [0.1, 0.15) is 5.69 Å². The number of hydrogen-bond donors (Lipinski definition) is 1. The van der Waals surface area contributed by atoms with Gasteiger partial charge in [0.25, 0.3) is 15.7 Å². The first-order chi connectivity index (χ1) is 11.7. The van der Waals surface area contributed by atoms with E-state index in [1.165, 1.54) is 29.9 Å². The summed E-state index contributed by atoms with van der Waals surface area (Å²) in [5, 5.41) is 2.89. The number of hydrogen-bond acceptors (Lipinski definition) is 6. The zero-order valence-electron chi connectivity index (χ0n) is 14.4. The summed E-state index contributed by atoms with van der Waals surface area (Å²) >= 11 is 0. The van der Waals surface area contributed by atoms with Gasteiger partial charge < -0.3 is 9.88 Å². The highest BCUT2D eigenvalue weighted by Crippen LogP contribution is 2.13. The highest BCUT2D eigenvalue weighted by molar-refractivity contribution is 7.86. The summed E-state index contributed by atoms with van der Waals surface area (Å²) in [5.74, 6) is 0. The van der Waals surface area contributed by atoms with E-state index in [9.17, 15) is 18.0 Å². The number of aromatic nitrogens is 2. The van der Waals surface area contributed by atoms with E-state index in [4.69, 9.17) is 4.18 Å². The fourth-order valence-electron chi connectivity index (χ4n) is 2.17. The summed E-state index contributed by atoms with van der Waals surface area (Å²) in [4.78, 5) is 23.6. The van der Waals surface area contributed by atoms with E-state index in [2.05, 4.69) is 5.32 Å². The average molecular weight is 367 g/mol. The minimum atomic E-state index is -3.79. The van der Waals surface area contributed by atoms with Crippen LogP contribution in [0, 0.1) is 6.92 Å². The van der Waals surface area contributed by atoms with Gasteiger partial charge >= 0.3 is 5.69 Å². The third kappa shape index (κ3) is 4.58. The second-order valence-electron chi connectivity index (χ2n) is 5.67. The van der Waals surface area contributed by atoms with Gasteiger partial charge in [0.05, 0.1) is 11.5 Å². The highest BCUT2D eigenvalue weighted by Gasteiger charge is 2.14. The Kier molecular flexibility index (Phi) is 5.81. The lowest BCUT2D eigenvalue weighted by Gasteiger charge is -2.09. The fourth-order valence-corrected chi connectivity index (χ4v) is 3.11. The Morgan fingerprint density at radius 3 is 2.40 bits per heavy atom. The SMILES string of the molecule is Cc1ccc(S(=O)(=O)OCCCNc2cn(C)c(=O)n(C)c2=O)cc1. The Hall–Kier alpha value is -2.39. The Balaban J connectivity index is 1.89. The Morgan fingerprint density at radius 2 is 1.76 bits per heavy atom. The molecule has 0 atom stereocenters. The van der Waals surface area contributed by atoms with Crippen LogP contribution in [0.4, 0.5) is 5.69 Å². The molecule has 0 radical (unpaired) electrons. The van der Waals surface area contributed by atoms with Crippen LogP contribution in [0.3, 0.4) is 0 Å². The molecule has 0 saturated heterocycles. The van der Waals surface area contributed by atoms with Crippen molar-refractivity contribution in [3.8, 4) is 0 Å². The van der Waals surface area contributed by atoms with Crippen LogP contribution >= 0.6 is 0 Å². The number of rotatable bonds is 7. The average Bonchev–Trinajstić information content (AvgIpc) is 2.57. The molecule has 136 valence electrons. The molecule has 2 aromatic rings. The number of nitrogens with one attached hydrogen (secondary N) is 1. The minimum absolute atomic E-state index is 0.0186. The van der Waals surface area contributed by atoms with Gasteiger partial charge in [-0.25, -0.2) is 4.79 Å². The van der Waals surface area contributed by atoms with Gasteiger partial charge in [-0.3, -0.25) is 13.5 Å². The molecule has 8 nitrogen and oxygen atoms in total. The molecule has 0 aliphatic rings. The molecular formula is C16H21N3O5S. The van der Waals surface area contributed by atoms with Gasteiger partial charge in [-0.05, 0) is 25.5 Å². The van der Waals surface area contributed by atoms with Gasteiger partial charge in [-0.15, -0.1) is 0 Å². The molecule has 1 heterocycles. The normalized spacial score (nSPS) is 11.5. The molecule has 9 heteroatoms. The molecule has 1 aromatic carbocycles. The van der Waals surface area contributed by atoms with E-state index in [0.717, 1.165) is 10.1 Å². The number of anilines is 1. The van der Waals surface area contributed by atoms with Gasteiger partial charge in [0.15, 0.2) is 0 Å². The fraction of sp³-hybridized carbons (Fsp3) is 0.375. The zero-order chi connectivity index (χ0) is 18.6. The Labute approximate surface area is 145 Å². The van der Waals surface area contributed by atoms with Crippen LogP contribution in [0.1, 0.15) is 12.0 Å². The van der Waals surface area contributed by atoms with E-state index in [1.54, 1.807) is 19.2 Å². The predicted molar refractivity (Wildman–Crippen MR) is 94.3 cm³/mol. The number of aryl methyl sites for hydroxylation is 2. The number of benzene rings is 1. The van der Waals surface area contributed by atoms with Crippen LogP contribution in [-0.2, 0) is 28.4 Å². The lowest BCUT2D eigenvalue weighted by atomic mass is 10.2. The summed E-state index contributed by atoms with van der Waals surface area (Å²) < 4.78 is 31.3. The number of nitrogens with zero attached hydrogens (tertiary/aromatic N) is 2.